The third kappa shape index (κ3) is 15.5. The highest BCUT2D eigenvalue weighted by Crippen LogP contribution is 2.06. The minimum absolute atomic E-state index is 0.0147. The van der Waals surface area contributed by atoms with E-state index >= 15 is 0 Å². The van der Waals surface area contributed by atoms with Crippen molar-refractivity contribution in [3.8, 4) is 0 Å². The van der Waals surface area contributed by atoms with E-state index in [-0.39, 0.29) is 12.8 Å². The van der Waals surface area contributed by atoms with Crippen LogP contribution in [0.5, 0.6) is 0 Å². The molecule has 0 heterocycles. The largest absolute Gasteiger partial charge is 0.481 e. The van der Waals surface area contributed by atoms with Crippen molar-refractivity contribution in [2.45, 2.75) is 88.2 Å². The number of nitrogens with one attached hydrogen (secondary N) is 4. The molecule has 0 aliphatic heterocycles. The van der Waals surface area contributed by atoms with E-state index in [0.717, 1.165) is 6.92 Å². The molecule has 0 aliphatic carbocycles. The van der Waals surface area contributed by atoms with Crippen LogP contribution in [0.2, 0.25) is 0 Å². The lowest BCUT2D eigenvalue weighted by molar-refractivity contribution is -0.144. The summed E-state index contributed by atoms with van der Waals surface area (Å²) in [5, 5.41) is 46.6. The van der Waals surface area contributed by atoms with E-state index in [4.69, 9.17) is 16.6 Å². The predicted octanol–water partition coefficient (Wildman–Crippen LogP) is -3.06. The summed E-state index contributed by atoms with van der Waals surface area (Å²) in [6, 6.07) is -7.46. The van der Waals surface area contributed by atoms with Gasteiger partial charge in [0, 0.05) is 6.42 Å². The van der Waals surface area contributed by atoms with Crippen molar-refractivity contribution in [3.05, 3.63) is 0 Å². The van der Waals surface area contributed by atoms with Crippen LogP contribution in [0.15, 0.2) is 0 Å². The first-order valence-corrected chi connectivity index (χ1v) is 14.5. The Balaban J connectivity index is 5.78. The Labute approximate surface area is 246 Å². The molecular formula is C24H42N6O11S. The number of aliphatic carboxylic acids is 3. The maximum absolute atomic E-state index is 13.0. The number of nitrogens with two attached hydrogens (primary N) is 2. The number of aliphatic hydroxyl groups is 1. The summed E-state index contributed by atoms with van der Waals surface area (Å²) in [7, 11) is 0. The van der Waals surface area contributed by atoms with Gasteiger partial charge in [0.1, 0.15) is 24.2 Å². The average molecular weight is 623 g/mol. The average Bonchev–Trinajstić information content (AvgIpc) is 2.90. The molecule has 0 saturated carbocycles. The highest BCUT2D eigenvalue weighted by atomic mass is 32.2. The van der Waals surface area contributed by atoms with Crippen molar-refractivity contribution in [1.29, 1.82) is 0 Å². The summed E-state index contributed by atoms with van der Waals surface area (Å²) in [6.07, 6.45) is -0.616. The normalized spacial score (nSPS) is 15.2. The molecule has 240 valence electrons. The predicted molar refractivity (Wildman–Crippen MR) is 150 cm³/mol. The lowest BCUT2D eigenvalue weighted by Gasteiger charge is -2.27. The number of carbonyl (C=O) groups excluding carboxylic acids is 4. The fraction of sp³-hybridized carbons (Fsp3) is 0.708. The number of hydrogen-bond acceptors (Lipinski definition) is 11. The quantitative estimate of drug-likeness (QED) is 0.0536. The number of carboxylic acid groups (broad SMARTS) is 3. The molecule has 6 atom stereocenters. The standard InChI is InChI=1S/C24H42N6O11S/c1-12(31)19(23(39)28-15(24(40)41)5-3-4-9-25)30-22(38)16(11-18(34)35)29-21(37)14(6-7-17(32)33)27-20(36)13(26)8-10-42-2/h12-16,19,31H,3-11,25-26H2,1-2H3,(H,27,36)(H,28,39)(H,29,37)(H,30,38)(H,32,33)(H,34,35)(H,40,41)/t12-,13+,14+,15+,16+,19+/m1/s1. The van der Waals surface area contributed by atoms with Crippen molar-refractivity contribution < 1.29 is 54.0 Å². The first-order valence-electron chi connectivity index (χ1n) is 13.1. The number of thioether (sulfide) groups is 1. The van der Waals surface area contributed by atoms with Gasteiger partial charge in [-0.3, -0.25) is 28.8 Å². The van der Waals surface area contributed by atoms with Crippen molar-refractivity contribution in [3.63, 3.8) is 0 Å². The minimum Gasteiger partial charge on any atom is -0.481 e. The smallest absolute Gasteiger partial charge is 0.326 e. The first-order chi connectivity index (χ1) is 19.6. The Morgan fingerprint density at radius 3 is 1.81 bits per heavy atom. The monoisotopic (exact) mass is 622 g/mol. The van der Waals surface area contributed by atoms with Crippen LogP contribution in [0.3, 0.4) is 0 Å². The van der Waals surface area contributed by atoms with Crippen molar-refractivity contribution in [1.82, 2.24) is 21.3 Å². The molecule has 0 aromatic rings. The molecule has 0 radical (unpaired) electrons. The van der Waals surface area contributed by atoms with Crippen molar-refractivity contribution >= 4 is 53.3 Å². The first kappa shape index (κ1) is 38.5. The van der Waals surface area contributed by atoms with Crippen LogP contribution in [0.1, 0.15) is 51.9 Å². The van der Waals surface area contributed by atoms with Crippen LogP contribution in [0.25, 0.3) is 0 Å². The number of carboxylic acids is 3. The van der Waals surface area contributed by atoms with Gasteiger partial charge in [-0.05, 0) is 57.6 Å². The second-order valence-corrected chi connectivity index (χ2v) is 10.4. The molecule has 4 amide bonds. The van der Waals surface area contributed by atoms with E-state index in [9.17, 15) is 48.9 Å². The Bertz CT molecular complexity index is 952. The number of carbonyl (C=O) groups is 7. The van der Waals surface area contributed by atoms with Crippen molar-refractivity contribution in [2.24, 2.45) is 11.5 Å². The summed E-state index contributed by atoms with van der Waals surface area (Å²) < 4.78 is 0. The fourth-order valence-electron chi connectivity index (χ4n) is 3.52. The summed E-state index contributed by atoms with van der Waals surface area (Å²) in [5.41, 5.74) is 11.2. The van der Waals surface area contributed by atoms with Gasteiger partial charge >= 0.3 is 17.9 Å². The van der Waals surface area contributed by atoms with Gasteiger partial charge in [-0.2, -0.15) is 11.8 Å². The Morgan fingerprint density at radius 1 is 0.738 bits per heavy atom. The summed E-state index contributed by atoms with van der Waals surface area (Å²) in [6.45, 7) is 1.42. The van der Waals surface area contributed by atoms with Gasteiger partial charge in [0.2, 0.25) is 23.6 Å². The molecular weight excluding hydrogens is 580 g/mol. The van der Waals surface area contributed by atoms with Gasteiger partial charge in [-0.25, -0.2) is 4.79 Å². The van der Waals surface area contributed by atoms with E-state index in [1.807, 2.05) is 0 Å². The molecule has 0 unspecified atom stereocenters. The van der Waals surface area contributed by atoms with E-state index in [1.165, 1.54) is 11.8 Å². The van der Waals surface area contributed by atoms with Crippen LogP contribution in [-0.2, 0) is 33.6 Å². The molecule has 0 aliphatic rings. The third-order valence-electron chi connectivity index (χ3n) is 5.89. The van der Waals surface area contributed by atoms with Gasteiger partial charge in [0.05, 0.1) is 18.6 Å². The molecule has 0 saturated heterocycles. The topological polar surface area (TPSA) is 301 Å². The van der Waals surface area contributed by atoms with E-state index in [1.54, 1.807) is 6.26 Å². The van der Waals surface area contributed by atoms with Crippen molar-refractivity contribution in [2.75, 3.05) is 18.6 Å². The minimum atomic E-state index is -1.83. The van der Waals surface area contributed by atoms with Gasteiger partial charge in [-0.1, -0.05) is 0 Å². The maximum Gasteiger partial charge on any atom is 0.326 e. The molecule has 0 bridgehead atoms. The fourth-order valence-corrected chi connectivity index (χ4v) is 4.01. The van der Waals surface area contributed by atoms with Crippen LogP contribution in [0.4, 0.5) is 0 Å². The second kappa shape index (κ2) is 20.4. The Kier molecular flexibility index (Phi) is 18.7. The van der Waals surface area contributed by atoms with Gasteiger partial charge in [0.15, 0.2) is 0 Å². The summed E-state index contributed by atoms with van der Waals surface area (Å²) in [5.74, 6) is -7.82. The molecule has 42 heavy (non-hydrogen) atoms. The Morgan fingerprint density at radius 2 is 1.31 bits per heavy atom. The van der Waals surface area contributed by atoms with Crippen LogP contribution in [-0.4, -0.2) is 117 Å². The molecule has 12 N–H and O–H groups in total. The van der Waals surface area contributed by atoms with Gasteiger partial charge < -0.3 is 53.2 Å². The molecule has 0 spiro atoms. The third-order valence-corrected chi connectivity index (χ3v) is 6.53. The summed E-state index contributed by atoms with van der Waals surface area (Å²) in [4.78, 5) is 85.3. The number of hydrogen-bond donors (Lipinski definition) is 10. The number of aliphatic hydroxyl groups excluding tert-OH is 1. The van der Waals surface area contributed by atoms with E-state index in [0.29, 0.717) is 25.1 Å². The maximum atomic E-state index is 13.0. The zero-order chi connectivity index (χ0) is 32.4. The summed E-state index contributed by atoms with van der Waals surface area (Å²) >= 11 is 1.42. The van der Waals surface area contributed by atoms with E-state index in [2.05, 4.69) is 21.3 Å². The van der Waals surface area contributed by atoms with E-state index < -0.39 is 97.1 Å². The van der Waals surface area contributed by atoms with Crippen LogP contribution >= 0.6 is 11.8 Å². The number of amides is 4. The lowest BCUT2D eigenvalue weighted by Crippen LogP contribution is -2.60. The zero-order valence-corrected chi connectivity index (χ0v) is 24.4. The molecule has 0 fully saturated rings. The number of rotatable bonds is 22. The zero-order valence-electron chi connectivity index (χ0n) is 23.5. The Hall–Kier alpha value is -3.48. The lowest BCUT2D eigenvalue weighted by atomic mass is 10.1. The highest BCUT2D eigenvalue weighted by molar-refractivity contribution is 7.98. The molecule has 0 aromatic carbocycles. The highest BCUT2D eigenvalue weighted by Gasteiger charge is 2.34. The molecule has 0 aromatic heterocycles. The second-order valence-electron chi connectivity index (χ2n) is 9.45. The van der Waals surface area contributed by atoms with Gasteiger partial charge in [-0.15, -0.1) is 0 Å². The van der Waals surface area contributed by atoms with Crippen LogP contribution < -0.4 is 32.7 Å². The molecule has 18 heteroatoms. The van der Waals surface area contributed by atoms with Crippen LogP contribution in [0, 0.1) is 0 Å². The van der Waals surface area contributed by atoms with Gasteiger partial charge in [0.25, 0.3) is 0 Å². The molecule has 17 nitrogen and oxygen atoms in total. The SMILES string of the molecule is CSCC[C@H](N)C(=O)N[C@@H](CCC(=O)O)C(=O)N[C@@H](CC(=O)O)C(=O)N[C@H](C(=O)N[C@@H](CCCCN)C(=O)O)[C@@H](C)O. The molecule has 0 rings (SSSR count). The number of unbranched alkanes of at least 4 members (excludes halogenated alkanes) is 1.